The van der Waals surface area contributed by atoms with Crippen molar-refractivity contribution in [1.29, 1.82) is 0 Å². The minimum atomic E-state index is -0.613. The van der Waals surface area contributed by atoms with E-state index in [0.717, 1.165) is 28.0 Å². The molecule has 0 fully saturated rings. The normalized spacial score (nSPS) is 10.5. The quantitative estimate of drug-likeness (QED) is 0.487. The van der Waals surface area contributed by atoms with Crippen LogP contribution in [0.3, 0.4) is 0 Å². The summed E-state index contributed by atoms with van der Waals surface area (Å²) in [5.41, 5.74) is 3.51. The second-order valence-corrected chi connectivity index (χ2v) is 7.43. The van der Waals surface area contributed by atoms with E-state index in [1.807, 2.05) is 32.9 Å². The summed E-state index contributed by atoms with van der Waals surface area (Å²) in [6, 6.07) is 10.0. The molecule has 1 aromatic carbocycles. The predicted molar refractivity (Wildman–Crippen MR) is 106 cm³/mol. The lowest BCUT2D eigenvalue weighted by Crippen LogP contribution is -2.15. The van der Waals surface area contributed by atoms with Crippen molar-refractivity contribution in [3.8, 4) is 0 Å². The number of ether oxygens (including phenoxy) is 1. The molecule has 0 spiro atoms. The summed E-state index contributed by atoms with van der Waals surface area (Å²) in [6.07, 6.45) is 1.40. The first-order chi connectivity index (χ1) is 13.3. The molecule has 0 saturated heterocycles. The van der Waals surface area contributed by atoms with Crippen molar-refractivity contribution in [3.05, 3.63) is 75.6 Å². The first kappa shape index (κ1) is 19.6. The Kier molecular flexibility index (Phi) is 5.75. The Balaban J connectivity index is 1.60. The van der Waals surface area contributed by atoms with Crippen molar-refractivity contribution < 1.29 is 23.5 Å². The van der Waals surface area contributed by atoms with E-state index in [4.69, 9.17) is 9.15 Å². The number of hydrogen-bond acceptors (Lipinski definition) is 6. The Morgan fingerprint density at radius 2 is 1.79 bits per heavy atom. The van der Waals surface area contributed by atoms with Crippen LogP contribution in [0.1, 0.15) is 47.3 Å². The van der Waals surface area contributed by atoms with Gasteiger partial charge < -0.3 is 14.5 Å². The summed E-state index contributed by atoms with van der Waals surface area (Å²) in [4.78, 5) is 36.9. The van der Waals surface area contributed by atoms with Gasteiger partial charge in [-0.25, -0.2) is 4.79 Å². The number of carbonyl (C=O) groups excluding carboxylic acids is 3. The summed E-state index contributed by atoms with van der Waals surface area (Å²) < 4.78 is 10.2. The molecule has 1 N–H and O–H groups in total. The molecule has 3 rings (SSSR count). The van der Waals surface area contributed by atoms with Gasteiger partial charge >= 0.3 is 5.97 Å². The van der Waals surface area contributed by atoms with E-state index in [9.17, 15) is 14.4 Å². The Bertz CT molecular complexity index is 1030. The Morgan fingerprint density at radius 1 is 1.04 bits per heavy atom. The van der Waals surface area contributed by atoms with Crippen molar-refractivity contribution in [3.63, 3.8) is 0 Å². The van der Waals surface area contributed by atoms with Crippen molar-refractivity contribution in [2.45, 2.75) is 20.8 Å². The minimum absolute atomic E-state index is 0.173. The standard InChI is InChI=1S/C21H19NO5S/c1-12-9-14(3)15(10-13(12)2)16(23)11-27-21(25)18-6-7-19(28-18)22-20(24)17-5-4-8-26-17/h4-10H,11H2,1-3H3,(H,22,24). The van der Waals surface area contributed by atoms with Crippen LogP contribution in [0.15, 0.2) is 47.1 Å². The zero-order valence-corrected chi connectivity index (χ0v) is 16.5. The fourth-order valence-corrected chi connectivity index (χ4v) is 3.43. The van der Waals surface area contributed by atoms with Crippen LogP contribution in [-0.4, -0.2) is 24.3 Å². The highest BCUT2D eigenvalue weighted by Gasteiger charge is 2.17. The van der Waals surface area contributed by atoms with Gasteiger partial charge in [0.1, 0.15) is 4.88 Å². The van der Waals surface area contributed by atoms with Gasteiger partial charge in [0.15, 0.2) is 12.4 Å². The Morgan fingerprint density at radius 3 is 2.50 bits per heavy atom. The molecule has 0 unspecified atom stereocenters. The highest BCUT2D eigenvalue weighted by atomic mass is 32.1. The zero-order valence-electron chi connectivity index (χ0n) is 15.7. The maximum absolute atomic E-state index is 12.4. The van der Waals surface area contributed by atoms with Gasteiger partial charge in [-0.3, -0.25) is 9.59 Å². The second-order valence-electron chi connectivity index (χ2n) is 6.35. The van der Waals surface area contributed by atoms with Crippen LogP contribution in [0.25, 0.3) is 0 Å². The van der Waals surface area contributed by atoms with E-state index in [1.54, 1.807) is 18.2 Å². The fraction of sp³-hybridized carbons (Fsp3) is 0.190. The highest BCUT2D eigenvalue weighted by Crippen LogP contribution is 2.23. The Labute approximate surface area is 166 Å². The Hall–Kier alpha value is -3.19. The molecule has 1 amide bonds. The van der Waals surface area contributed by atoms with Crippen molar-refractivity contribution in [2.75, 3.05) is 11.9 Å². The van der Waals surface area contributed by atoms with Gasteiger partial charge in [0.05, 0.1) is 11.3 Å². The van der Waals surface area contributed by atoms with E-state index in [-0.39, 0.29) is 18.2 Å². The predicted octanol–water partition coefficient (Wildman–Crippen LogP) is 4.56. The van der Waals surface area contributed by atoms with Gasteiger partial charge in [-0.2, -0.15) is 0 Å². The average molecular weight is 397 g/mol. The molecule has 0 atom stereocenters. The lowest BCUT2D eigenvalue weighted by atomic mass is 9.98. The lowest BCUT2D eigenvalue weighted by Gasteiger charge is -2.09. The smallest absolute Gasteiger partial charge is 0.348 e. The summed E-state index contributed by atoms with van der Waals surface area (Å²) in [6.45, 7) is 5.43. The molecule has 0 aliphatic carbocycles. The number of aryl methyl sites for hydroxylation is 3. The van der Waals surface area contributed by atoms with Crippen LogP contribution in [0, 0.1) is 20.8 Å². The number of Topliss-reactive ketones (excluding diaryl/α,β-unsaturated/α-hetero) is 1. The van der Waals surface area contributed by atoms with Crippen LogP contribution in [-0.2, 0) is 4.74 Å². The third-order valence-electron chi connectivity index (χ3n) is 4.26. The maximum atomic E-state index is 12.4. The molecule has 7 heteroatoms. The number of rotatable bonds is 6. The topological polar surface area (TPSA) is 85.6 Å². The van der Waals surface area contributed by atoms with E-state index in [0.29, 0.717) is 15.4 Å². The number of furan rings is 1. The van der Waals surface area contributed by atoms with Crippen LogP contribution in [0.4, 0.5) is 5.00 Å². The molecule has 0 bridgehead atoms. The molecule has 3 aromatic rings. The van der Waals surface area contributed by atoms with E-state index in [1.165, 1.54) is 12.3 Å². The van der Waals surface area contributed by atoms with Gasteiger partial charge in [-0.1, -0.05) is 6.07 Å². The van der Waals surface area contributed by atoms with Gasteiger partial charge in [-0.15, -0.1) is 11.3 Å². The number of nitrogens with one attached hydrogen (secondary N) is 1. The van der Waals surface area contributed by atoms with Crippen LogP contribution >= 0.6 is 11.3 Å². The first-order valence-corrected chi connectivity index (χ1v) is 9.39. The molecule has 0 aliphatic heterocycles. The molecule has 0 aliphatic rings. The number of esters is 1. The van der Waals surface area contributed by atoms with Crippen molar-refractivity contribution >= 4 is 34.0 Å². The largest absolute Gasteiger partial charge is 0.459 e. The molecule has 2 heterocycles. The summed E-state index contributed by atoms with van der Waals surface area (Å²) >= 11 is 1.06. The van der Waals surface area contributed by atoms with E-state index < -0.39 is 11.9 Å². The fourth-order valence-electron chi connectivity index (χ4n) is 2.64. The SMILES string of the molecule is Cc1cc(C)c(C(=O)COC(=O)c2ccc(NC(=O)c3ccco3)s2)cc1C. The zero-order chi connectivity index (χ0) is 20.3. The molecule has 28 heavy (non-hydrogen) atoms. The molecule has 144 valence electrons. The van der Waals surface area contributed by atoms with Crippen LogP contribution in [0.2, 0.25) is 0 Å². The number of benzene rings is 1. The average Bonchev–Trinajstić information content (AvgIpc) is 3.34. The molecule has 6 nitrogen and oxygen atoms in total. The number of ketones is 1. The molecular formula is C21H19NO5S. The minimum Gasteiger partial charge on any atom is -0.459 e. The third-order valence-corrected chi connectivity index (χ3v) is 5.25. The van der Waals surface area contributed by atoms with Gasteiger partial charge in [0.2, 0.25) is 5.78 Å². The van der Waals surface area contributed by atoms with Gasteiger partial charge in [0, 0.05) is 5.56 Å². The van der Waals surface area contributed by atoms with E-state index in [2.05, 4.69) is 5.32 Å². The maximum Gasteiger partial charge on any atom is 0.348 e. The monoisotopic (exact) mass is 397 g/mol. The van der Waals surface area contributed by atoms with Crippen LogP contribution < -0.4 is 5.32 Å². The number of hydrogen-bond donors (Lipinski definition) is 1. The second kappa shape index (κ2) is 8.22. The van der Waals surface area contributed by atoms with E-state index >= 15 is 0 Å². The highest BCUT2D eigenvalue weighted by molar-refractivity contribution is 7.18. The van der Waals surface area contributed by atoms with Crippen molar-refractivity contribution in [1.82, 2.24) is 0 Å². The number of amides is 1. The molecule has 2 aromatic heterocycles. The number of thiophene rings is 1. The van der Waals surface area contributed by atoms with Gasteiger partial charge in [0.25, 0.3) is 5.91 Å². The lowest BCUT2D eigenvalue weighted by molar-refractivity contribution is 0.0479. The van der Waals surface area contributed by atoms with Crippen molar-refractivity contribution in [2.24, 2.45) is 0 Å². The molecule has 0 radical (unpaired) electrons. The molecular weight excluding hydrogens is 378 g/mol. The number of carbonyl (C=O) groups is 3. The first-order valence-electron chi connectivity index (χ1n) is 8.58. The summed E-state index contributed by atoms with van der Waals surface area (Å²) in [5, 5.41) is 3.12. The van der Waals surface area contributed by atoms with Gasteiger partial charge in [-0.05, 0) is 67.8 Å². The van der Waals surface area contributed by atoms with Crippen LogP contribution in [0.5, 0.6) is 0 Å². The third kappa shape index (κ3) is 4.37. The summed E-state index contributed by atoms with van der Waals surface area (Å²) in [5.74, 6) is -1.10. The summed E-state index contributed by atoms with van der Waals surface area (Å²) in [7, 11) is 0. The molecule has 0 saturated carbocycles. The number of anilines is 1.